The lowest BCUT2D eigenvalue weighted by Gasteiger charge is -2.34. The zero-order valence-corrected chi connectivity index (χ0v) is 20.0. The molecule has 0 atom stereocenters. The molecule has 1 aliphatic heterocycles. The van der Waals surface area contributed by atoms with Crippen LogP contribution in [0.3, 0.4) is 0 Å². The second kappa shape index (κ2) is 9.78. The summed E-state index contributed by atoms with van der Waals surface area (Å²) in [5.41, 5.74) is 3.99. The first-order valence-electron chi connectivity index (χ1n) is 12.0. The highest BCUT2D eigenvalue weighted by Gasteiger charge is 2.31. The second-order valence-corrected chi connectivity index (χ2v) is 9.24. The number of alkyl halides is 3. The highest BCUT2D eigenvalue weighted by atomic mass is 19.4. The van der Waals surface area contributed by atoms with E-state index < -0.39 is 11.7 Å². The molecule has 0 bridgehead atoms. The molecular formula is C28H27F3N4O. The molecule has 4 aromatic rings. The SMILES string of the molecule is Cc1cccc(Cn2c(CN3CCN(C(=O)c4ccc(C(F)(F)F)cc4)CC3)nc3ccccc32)c1. The molecule has 1 aromatic heterocycles. The molecule has 1 amide bonds. The van der Waals surface area contributed by atoms with Crippen molar-refractivity contribution < 1.29 is 18.0 Å². The van der Waals surface area contributed by atoms with Crippen LogP contribution in [0.5, 0.6) is 0 Å². The van der Waals surface area contributed by atoms with Crippen LogP contribution in [0.2, 0.25) is 0 Å². The summed E-state index contributed by atoms with van der Waals surface area (Å²) in [6, 6.07) is 21.0. The highest BCUT2D eigenvalue weighted by molar-refractivity contribution is 5.94. The normalized spacial score (nSPS) is 14.9. The van der Waals surface area contributed by atoms with Gasteiger partial charge in [-0.2, -0.15) is 13.2 Å². The van der Waals surface area contributed by atoms with Gasteiger partial charge in [-0.25, -0.2) is 4.98 Å². The van der Waals surface area contributed by atoms with Gasteiger partial charge in [0.2, 0.25) is 0 Å². The van der Waals surface area contributed by atoms with Crippen LogP contribution in [0, 0.1) is 6.92 Å². The summed E-state index contributed by atoms with van der Waals surface area (Å²) < 4.78 is 40.7. The Morgan fingerprint density at radius 1 is 0.889 bits per heavy atom. The van der Waals surface area contributed by atoms with Crippen molar-refractivity contribution in [1.29, 1.82) is 0 Å². The minimum absolute atomic E-state index is 0.241. The molecule has 186 valence electrons. The molecule has 3 aromatic carbocycles. The van der Waals surface area contributed by atoms with Gasteiger partial charge < -0.3 is 9.47 Å². The Labute approximate surface area is 207 Å². The Bertz CT molecular complexity index is 1370. The summed E-state index contributed by atoms with van der Waals surface area (Å²) in [7, 11) is 0. The van der Waals surface area contributed by atoms with Crippen LogP contribution >= 0.6 is 0 Å². The van der Waals surface area contributed by atoms with Crippen LogP contribution < -0.4 is 0 Å². The van der Waals surface area contributed by atoms with Gasteiger partial charge in [-0.05, 0) is 48.9 Å². The Hall–Kier alpha value is -3.65. The van der Waals surface area contributed by atoms with Crippen LogP contribution in [0.1, 0.15) is 32.9 Å². The maximum Gasteiger partial charge on any atom is 0.416 e. The van der Waals surface area contributed by atoms with Crippen LogP contribution in [-0.4, -0.2) is 51.4 Å². The third-order valence-electron chi connectivity index (χ3n) is 6.64. The smallest absolute Gasteiger partial charge is 0.336 e. The average Bonchev–Trinajstić information content (AvgIpc) is 3.20. The van der Waals surface area contributed by atoms with E-state index in [1.807, 2.05) is 18.2 Å². The fourth-order valence-corrected chi connectivity index (χ4v) is 4.71. The van der Waals surface area contributed by atoms with Gasteiger partial charge >= 0.3 is 6.18 Å². The Balaban J connectivity index is 1.27. The van der Waals surface area contributed by atoms with Gasteiger partial charge in [0.25, 0.3) is 5.91 Å². The number of piperazine rings is 1. The Morgan fingerprint density at radius 3 is 2.31 bits per heavy atom. The quantitative estimate of drug-likeness (QED) is 0.376. The maximum absolute atomic E-state index is 12.8. The number of carbonyl (C=O) groups excluding carboxylic acids is 1. The molecule has 1 fully saturated rings. The van der Waals surface area contributed by atoms with E-state index in [1.54, 1.807) is 4.90 Å². The Kier molecular flexibility index (Phi) is 6.53. The standard InChI is InChI=1S/C28H27F3N4O/c1-20-5-4-6-21(17-20)18-35-25-8-3-2-7-24(25)32-26(35)19-33-13-15-34(16-14-33)27(36)22-9-11-23(12-10-22)28(29,30)31/h2-12,17H,13-16,18-19H2,1H3. The van der Waals surface area contributed by atoms with Gasteiger partial charge in [0.1, 0.15) is 5.82 Å². The number of halogens is 3. The lowest BCUT2D eigenvalue weighted by Crippen LogP contribution is -2.48. The summed E-state index contributed by atoms with van der Waals surface area (Å²) in [6.45, 7) is 5.82. The lowest BCUT2D eigenvalue weighted by molar-refractivity contribution is -0.137. The molecular weight excluding hydrogens is 465 g/mol. The number of benzene rings is 3. The average molecular weight is 493 g/mol. The molecule has 36 heavy (non-hydrogen) atoms. The van der Waals surface area contributed by atoms with E-state index in [-0.39, 0.29) is 11.5 Å². The zero-order valence-electron chi connectivity index (χ0n) is 20.0. The van der Waals surface area contributed by atoms with E-state index in [2.05, 4.69) is 46.7 Å². The van der Waals surface area contributed by atoms with Gasteiger partial charge in [-0.3, -0.25) is 9.69 Å². The number of imidazole rings is 1. The third kappa shape index (κ3) is 5.14. The number of carbonyl (C=O) groups is 1. The molecule has 0 unspecified atom stereocenters. The largest absolute Gasteiger partial charge is 0.416 e. The van der Waals surface area contributed by atoms with Crippen molar-refractivity contribution in [2.24, 2.45) is 0 Å². The van der Waals surface area contributed by atoms with E-state index in [4.69, 9.17) is 4.98 Å². The fraction of sp³-hybridized carbons (Fsp3) is 0.286. The van der Waals surface area contributed by atoms with Crippen molar-refractivity contribution in [2.45, 2.75) is 26.2 Å². The summed E-state index contributed by atoms with van der Waals surface area (Å²) in [4.78, 5) is 21.7. The van der Waals surface area contributed by atoms with Crippen LogP contribution in [-0.2, 0) is 19.3 Å². The van der Waals surface area contributed by atoms with E-state index in [9.17, 15) is 18.0 Å². The molecule has 0 radical (unpaired) electrons. The predicted molar refractivity (Wildman–Crippen MR) is 133 cm³/mol. The summed E-state index contributed by atoms with van der Waals surface area (Å²) in [5.74, 6) is 0.732. The topological polar surface area (TPSA) is 41.4 Å². The maximum atomic E-state index is 12.8. The number of aryl methyl sites for hydroxylation is 1. The lowest BCUT2D eigenvalue weighted by atomic mass is 10.1. The molecule has 2 heterocycles. The van der Waals surface area contributed by atoms with E-state index in [0.29, 0.717) is 32.7 Å². The van der Waals surface area contributed by atoms with Crippen molar-refractivity contribution in [1.82, 2.24) is 19.4 Å². The van der Waals surface area contributed by atoms with Gasteiger partial charge in [0.15, 0.2) is 0 Å². The van der Waals surface area contributed by atoms with Crippen LogP contribution in [0.25, 0.3) is 11.0 Å². The number of aromatic nitrogens is 2. The number of rotatable bonds is 5. The van der Waals surface area contributed by atoms with Gasteiger partial charge in [-0.1, -0.05) is 42.0 Å². The highest BCUT2D eigenvalue weighted by Crippen LogP contribution is 2.29. The molecule has 0 N–H and O–H groups in total. The number of amides is 1. The van der Waals surface area contributed by atoms with Crippen molar-refractivity contribution >= 4 is 16.9 Å². The molecule has 1 saturated heterocycles. The molecule has 0 saturated carbocycles. The molecule has 0 aliphatic carbocycles. The van der Waals surface area contributed by atoms with Crippen LogP contribution in [0.4, 0.5) is 13.2 Å². The van der Waals surface area contributed by atoms with E-state index in [1.165, 1.54) is 23.3 Å². The molecule has 0 spiro atoms. The molecule has 5 nitrogen and oxygen atoms in total. The molecule has 5 rings (SSSR count). The van der Waals surface area contributed by atoms with E-state index >= 15 is 0 Å². The number of hydrogen-bond donors (Lipinski definition) is 0. The van der Waals surface area contributed by atoms with Crippen LogP contribution in [0.15, 0.2) is 72.8 Å². The first-order valence-corrected chi connectivity index (χ1v) is 12.0. The molecule has 8 heteroatoms. The number of hydrogen-bond acceptors (Lipinski definition) is 3. The van der Waals surface area contributed by atoms with Gasteiger partial charge in [-0.15, -0.1) is 0 Å². The van der Waals surface area contributed by atoms with Crippen molar-refractivity contribution in [3.05, 3.63) is 101 Å². The number of fused-ring (bicyclic) bond motifs is 1. The summed E-state index contributed by atoms with van der Waals surface area (Å²) in [5, 5.41) is 0. The van der Waals surface area contributed by atoms with Crippen molar-refractivity contribution in [3.63, 3.8) is 0 Å². The minimum Gasteiger partial charge on any atom is -0.336 e. The monoisotopic (exact) mass is 492 g/mol. The van der Waals surface area contributed by atoms with Crippen molar-refractivity contribution in [2.75, 3.05) is 26.2 Å². The summed E-state index contributed by atoms with van der Waals surface area (Å²) in [6.07, 6.45) is -4.41. The summed E-state index contributed by atoms with van der Waals surface area (Å²) >= 11 is 0. The minimum atomic E-state index is -4.41. The van der Waals surface area contributed by atoms with Gasteiger partial charge in [0.05, 0.1) is 23.1 Å². The third-order valence-corrected chi connectivity index (χ3v) is 6.64. The number of nitrogens with zero attached hydrogens (tertiary/aromatic N) is 4. The molecule has 1 aliphatic rings. The first-order chi connectivity index (χ1) is 17.3. The van der Waals surface area contributed by atoms with Crippen molar-refractivity contribution in [3.8, 4) is 0 Å². The van der Waals surface area contributed by atoms with E-state index in [0.717, 1.165) is 35.5 Å². The fourth-order valence-electron chi connectivity index (χ4n) is 4.71. The zero-order chi connectivity index (χ0) is 25.3. The predicted octanol–water partition coefficient (Wildman–Crippen LogP) is 5.37. The van der Waals surface area contributed by atoms with Gasteiger partial charge in [0, 0.05) is 38.3 Å². The second-order valence-electron chi connectivity index (χ2n) is 9.24. The first kappa shape index (κ1) is 24.1. The Morgan fingerprint density at radius 2 is 1.61 bits per heavy atom. The number of para-hydroxylation sites is 2.